The monoisotopic (exact) mass is 370 g/mol. The minimum atomic E-state index is -0.366. The van der Waals surface area contributed by atoms with Gasteiger partial charge in [-0.25, -0.2) is 4.39 Å². The van der Waals surface area contributed by atoms with Gasteiger partial charge in [-0.1, -0.05) is 25.1 Å². The minimum absolute atomic E-state index is 0.0387. The molecule has 3 rings (SSSR count). The first kappa shape index (κ1) is 18.1. The second-order valence-corrected chi connectivity index (χ2v) is 7.13. The maximum Gasteiger partial charge on any atom is 0.265 e. The van der Waals surface area contributed by atoms with Gasteiger partial charge < -0.3 is 10.6 Å². The highest BCUT2D eigenvalue weighted by molar-refractivity contribution is 7.20. The normalized spacial score (nSPS) is 12.0. The molecule has 0 fully saturated rings. The maximum absolute atomic E-state index is 13.8. The van der Waals surface area contributed by atoms with Crippen molar-refractivity contribution in [2.24, 2.45) is 0 Å². The van der Waals surface area contributed by atoms with Crippen molar-refractivity contribution in [2.75, 3.05) is 5.32 Å². The lowest BCUT2D eigenvalue weighted by Crippen LogP contribution is -2.32. The van der Waals surface area contributed by atoms with Gasteiger partial charge in [-0.05, 0) is 43.7 Å². The zero-order chi connectivity index (χ0) is 18.7. The predicted octanol–water partition coefficient (Wildman–Crippen LogP) is 4.82. The summed E-state index contributed by atoms with van der Waals surface area (Å²) in [5, 5.41) is 6.08. The van der Waals surface area contributed by atoms with Crippen LogP contribution >= 0.6 is 11.3 Å². The fourth-order valence-electron chi connectivity index (χ4n) is 2.51. The van der Waals surface area contributed by atoms with Crippen molar-refractivity contribution in [3.8, 4) is 0 Å². The molecule has 4 nitrogen and oxygen atoms in total. The first-order chi connectivity index (χ1) is 12.5. The molecular weight excluding hydrogens is 351 g/mol. The number of nitrogens with one attached hydrogen (secondary N) is 2. The zero-order valence-electron chi connectivity index (χ0n) is 14.5. The molecule has 1 atom stereocenters. The van der Waals surface area contributed by atoms with Gasteiger partial charge >= 0.3 is 0 Å². The molecule has 6 heteroatoms. The molecule has 0 aliphatic rings. The third-order valence-electron chi connectivity index (χ3n) is 4.14. The van der Waals surface area contributed by atoms with Crippen LogP contribution in [0.15, 0.2) is 48.5 Å². The van der Waals surface area contributed by atoms with Crippen LogP contribution in [0.2, 0.25) is 0 Å². The Balaban J connectivity index is 1.85. The van der Waals surface area contributed by atoms with Gasteiger partial charge in [0.15, 0.2) is 0 Å². The number of hydrogen-bond donors (Lipinski definition) is 2. The second-order valence-electron chi connectivity index (χ2n) is 6.04. The van der Waals surface area contributed by atoms with Gasteiger partial charge in [0.25, 0.3) is 11.8 Å². The highest BCUT2D eigenvalue weighted by Crippen LogP contribution is 2.28. The Morgan fingerprint density at radius 2 is 1.88 bits per heavy atom. The summed E-state index contributed by atoms with van der Waals surface area (Å²) < 4.78 is 14.5. The van der Waals surface area contributed by atoms with Crippen LogP contribution in [0.3, 0.4) is 0 Å². The summed E-state index contributed by atoms with van der Waals surface area (Å²) in [5.74, 6) is -0.960. The number of anilines is 1. The molecule has 3 aromatic rings. The van der Waals surface area contributed by atoms with E-state index < -0.39 is 0 Å². The Hall–Kier alpha value is -2.73. The largest absolute Gasteiger partial charge is 0.350 e. The maximum atomic E-state index is 13.8. The molecule has 134 valence electrons. The standard InChI is InChI=1S/C20H19FN2O2S/c1-3-12(2)22-19(24)13-7-4-5-9-16(13)23-20(25)18-11-14-15(21)8-6-10-17(14)26-18/h4-12H,3H2,1-2H3,(H,22,24)(H,23,25). The van der Waals surface area contributed by atoms with Crippen LogP contribution in [-0.2, 0) is 0 Å². The Labute approximate surface area is 155 Å². The Morgan fingerprint density at radius 1 is 1.12 bits per heavy atom. The van der Waals surface area contributed by atoms with Gasteiger partial charge in [0, 0.05) is 16.1 Å². The van der Waals surface area contributed by atoms with E-state index in [2.05, 4.69) is 10.6 Å². The quantitative estimate of drug-likeness (QED) is 0.676. The number of rotatable bonds is 5. The van der Waals surface area contributed by atoms with Crippen molar-refractivity contribution >= 4 is 38.9 Å². The SMILES string of the molecule is CCC(C)NC(=O)c1ccccc1NC(=O)c1cc2c(F)cccc2s1. The van der Waals surface area contributed by atoms with E-state index in [-0.39, 0.29) is 23.7 Å². The average Bonchev–Trinajstić information content (AvgIpc) is 3.08. The molecular formula is C20H19FN2O2S. The topological polar surface area (TPSA) is 58.2 Å². The van der Waals surface area contributed by atoms with Gasteiger partial charge in [0.1, 0.15) is 5.82 Å². The van der Waals surface area contributed by atoms with Gasteiger partial charge in [-0.2, -0.15) is 0 Å². The second kappa shape index (κ2) is 7.66. The summed E-state index contributed by atoms with van der Waals surface area (Å²) in [7, 11) is 0. The van der Waals surface area contributed by atoms with Crippen LogP contribution in [0.1, 0.15) is 40.3 Å². The smallest absolute Gasteiger partial charge is 0.265 e. The Kier molecular flexibility index (Phi) is 5.32. The van der Waals surface area contributed by atoms with Crippen LogP contribution in [0.25, 0.3) is 10.1 Å². The summed E-state index contributed by atoms with van der Waals surface area (Å²) in [4.78, 5) is 25.4. The van der Waals surface area contributed by atoms with E-state index in [9.17, 15) is 14.0 Å². The number of carbonyl (C=O) groups is 2. The van der Waals surface area contributed by atoms with Crippen molar-refractivity contribution in [3.63, 3.8) is 0 Å². The number of halogens is 1. The van der Waals surface area contributed by atoms with Crippen molar-refractivity contribution < 1.29 is 14.0 Å². The highest BCUT2D eigenvalue weighted by Gasteiger charge is 2.17. The molecule has 0 aliphatic heterocycles. The van der Waals surface area contributed by atoms with Crippen LogP contribution in [0.5, 0.6) is 0 Å². The van der Waals surface area contributed by atoms with Crippen LogP contribution in [0, 0.1) is 5.82 Å². The minimum Gasteiger partial charge on any atom is -0.350 e. The van der Waals surface area contributed by atoms with E-state index in [1.165, 1.54) is 23.5 Å². The van der Waals surface area contributed by atoms with E-state index in [0.717, 1.165) is 6.42 Å². The first-order valence-corrected chi connectivity index (χ1v) is 9.20. The van der Waals surface area contributed by atoms with Gasteiger partial charge in [0.05, 0.1) is 16.1 Å². The molecule has 1 unspecified atom stereocenters. The average molecular weight is 370 g/mol. The molecule has 1 aromatic heterocycles. The molecule has 1 heterocycles. The van der Waals surface area contributed by atoms with E-state index in [0.29, 0.717) is 26.2 Å². The molecule has 0 spiro atoms. The van der Waals surface area contributed by atoms with Gasteiger partial charge in [-0.3, -0.25) is 9.59 Å². The number of para-hydroxylation sites is 1. The van der Waals surface area contributed by atoms with E-state index in [1.807, 2.05) is 13.8 Å². The van der Waals surface area contributed by atoms with Crippen LogP contribution in [0.4, 0.5) is 10.1 Å². The summed E-state index contributed by atoms with van der Waals surface area (Å²) in [6, 6.07) is 13.2. The zero-order valence-corrected chi connectivity index (χ0v) is 15.3. The molecule has 2 amide bonds. The molecule has 0 aliphatic carbocycles. The molecule has 0 radical (unpaired) electrons. The number of carbonyl (C=O) groups excluding carboxylic acids is 2. The lowest BCUT2D eigenvalue weighted by atomic mass is 10.1. The van der Waals surface area contributed by atoms with E-state index in [1.54, 1.807) is 36.4 Å². The first-order valence-electron chi connectivity index (χ1n) is 8.39. The van der Waals surface area contributed by atoms with Crippen molar-refractivity contribution in [1.29, 1.82) is 0 Å². The number of benzene rings is 2. The Bertz CT molecular complexity index is 967. The van der Waals surface area contributed by atoms with Crippen LogP contribution in [-0.4, -0.2) is 17.9 Å². The van der Waals surface area contributed by atoms with Crippen LogP contribution < -0.4 is 10.6 Å². The number of thiophene rings is 1. The molecule has 0 saturated heterocycles. The molecule has 0 bridgehead atoms. The number of hydrogen-bond acceptors (Lipinski definition) is 3. The summed E-state index contributed by atoms with van der Waals surface area (Å²) in [6.07, 6.45) is 0.813. The molecule has 0 saturated carbocycles. The van der Waals surface area contributed by atoms with Crippen molar-refractivity contribution in [3.05, 3.63) is 64.8 Å². The lowest BCUT2D eigenvalue weighted by Gasteiger charge is -2.14. The lowest BCUT2D eigenvalue weighted by molar-refractivity contribution is 0.0940. The predicted molar refractivity (Wildman–Crippen MR) is 103 cm³/mol. The fraction of sp³-hybridized carbons (Fsp3) is 0.200. The highest BCUT2D eigenvalue weighted by atomic mass is 32.1. The molecule has 2 aromatic carbocycles. The number of fused-ring (bicyclic) bond motifs is 1. The summed E-state index contributed by atoms with van der Waals surface area (Å²) in [6.45, 7) is 3.91. The third kappa shape index (κ3) is 3.75. The van der Waals surface area contributed by atoms with E-state index in [4.69, 9.17) is 0 Å². The molecule has 2 N–H and O–H groups in total. The number of amides is 2. The van der Waals surface area contributed by atoms with Gasteiger partial charge in [0.2, 0.25) is 0 Å². The summed E-state index contributed by atoms with van der Waals surface area (Å²) >= 11 is 1.21. The summed E-state index contributed by atoms with van der Waals surface area (Å²) in [5.41, 5.74) is 0.824. The fourth-order valence-corrected chi connectivity index (χ4v) is 3.49. The third-order valence-corrected chi connectivity index (χ3v) is 5.24. The molecule has 26 heavy (non-hydrogen) atoms. The van der Waals surface area contributed by atoms with Crippen molar-refractivity contribution in [1.82, 2.24) is 5.32 Å². The van der Waals surface area contributed by atoms with Gasteiger partial charge in [-0.15, -0.1) is 11.3 Å². The Morgan fingerprint density at radius 3 is 2.62 bits per heavy atom. The van der Waals surface area contributed by atoms with Crippen molar-refractivity contribution in [2.45, 2.75) is 26.3 Å². The van der Waals surface area contributed by atoms with E-state index >= 15 is 0 Å².